The monoisotopic (exact) mass is 502 g/mol. The summed E-state index contributed by atoms with van der Waals surface area (Å²) in [6.45, 7) is 2.97. The Labute approximate surface area is 205 Å². The first-order valence-corrected chi connectivity index (χ1v) is 11.7. The summed E-state index contributed by atoms with van der Waals surface area (Å²) in [5.74, 6) is 0.660. The van der Waals surface area contributed by atoms with E-state index in [-0.39, 0.29) is 0 Å². The Balaban J connectivity index is 1.48. The van der Waals surface area contributed by atoms with Crippen LogP contribution >= 0.6 is 46.8 Å². The molecule has 0 atom stereocenters. The van der Waals surface area contributed by atoms with Crippen molar-refractivity contribution in [2.45, 2.75) is 4.90 Å². The van der Waals surface area contributed by atoms with Gasteiger partial charge in [-0.1, -0.05) is 46.9 Å². The lowest BCUT2D eigenvalue weighted by Crippen LogP contribution is -2.44. The highest BCUT2D eigenvalue weighted by Crippen LogP contribution is 2.36. The smallest absolute Gasteiger partial charge is 0.151 e. The lowest BCUT2D eigenvalue weighted by Gasteiger charge is -2.35. The van der Waals surface area contributed by atoms with Gasteiger partial charge in [0.05, 0.1) is 25.5 Å². The van der Waals surface area contributed by atoms with Crippen LogP contribution in [0.5, 0.6) is 0 Å². The third kappa shape index (κ3) is 4.88. The highest BCUT2D eigenvalue weighted by molar-refractivity contribution is 7.97. The topological polar surface area (TPSA) is 60.2 Å². The zero-order valence-electron chi connectivity index (χ0n) is 16.8. The van der Waals surface area contributed by atoms with Crippen molar-refractivity contribution in [2.75, 3.05) is 31.1 Å². The maximum absolute atomic E-state index is 11.0. The van der Waals surface area contributed by atoms with Crippen molar-refractivity contribution in [3.63, 3.8) is 0 Å². The third-order valence-electron chi connectivity index (χ3n) is 5.13. The lowest BCUT2D eigenvalue weighted by atomic mass is 10.0. The minimum absolute atomic E-state index is 0.368. The molecule has 9 heteroatoms. The first-order valence-electron chi connectivity index (χ1n) is 9.77. The van der Waals surface area contributed by atoms with Crippen LogP contribution in [0, 0.1) is 11.3 Å². The quantitative estimate of drug-likeness (QED) is 0.304. The van der Waals surface area contributed by atoms with E-state index in [1.54, 1.807) is 42.4 Å². The highest BCUT2D eigenvalue weighted by Gasteiger charge is 2.23. The summed E-state index contributed by atoms with van der Waals surface area (Å²) in [7, 11) is 0. The maximum atomic E-state index is 11.0. The van der Waals surface area contributed by atoms with Crippen molar-refractivity contribution in [1.82, 2.24) is 9.29 Å². The summed E-state index contributed by atoms with van der Waals surface area (Å²) in [4.78, 5) is 18.5. The predicted molar refractivity (Wildman–Crippen MR) is 131 cm³/mol. The average Bonchev–Trinajstić information content (AvgIpc) is 2.81. The average molecular weight is 504 g/mol. The Morgan fingerprint density at radius 1 is 0.969 bits per heavy atom. The minimum Gasteiger partial charge on any atom is -0.353 e. The Morgan fingerprint density at radius 2 is 1.69 bits per heavy atom. The van der Waals surface area contributed by atoms with Gasteiger partial charge in [0.1, 0.15) is 11.9 Å². The molecular formula is C23H17Cl3N4OS. The summed E-state index contributed by atoms with van der Waals surface area (Å²) < 4.78 is 2.21. The number of hydrogen-bond acceptors (Lipinski definition) is 6. The molecule has 0 unspecified atom stereocenters. The molecule has 3 aromatic rings. The number of anilines is 1. The van der Waals surface area contributed by atoms with Crippen molar-refractivity contribution in [3.8, 4) is 17.2 Å². The van der Waals surface area contributed by atoms with E-state index >= 15 is 0 Å². The predicted octanol–water partition coefficient (Wildman–Crippen LogP) is 6.22. The number of hydrogen-bond donors (Lipinski definition) is 0. The van der Waals surface area contributed by atoms with Crippen LogP contribution < -0.4 is 4.90 Å². The normalized spacial score (nSPS) is 14.2. The fraction of sp³-hybridized carbons (Fsp3) is 0.174. The van der Waals surface area contributed by atoms with Gasteiger partial charge < -0.3 is 4.90 Å². The van der Waals surface area contributed by atoms with Crippen LogP contribution in [0.1, 0.15) is 15.9 Å². The van der Waals surface area contributed by atoms with Crippen LogP contribution in [-0.4, -0.2) is 41.8 Å². The summed E-state index contributed by atoms with van der Waals surface area (Å²) in [5, 5.41) is 11.4. The molecule has 1 aliphatic rings. The lowest BCUT2D eigenvalue weighted by molar-refractivity contribution is 0.112. The SMILES string of the molecule is N#Cc1cc(-c2ccc(C=O)c(Cl)c2)cnc1N1CCN(Sc2c(Cl)cccc2Cl)CC1. The van der Waals surface area contributed by atoms with Gasteiger partial charge in [-0.05, 0) is 47.8 Å². The third-order valence-corrected chi connectivity index (χ3v) is 7.55. The molecule has 32 heavy (non-hydrogen) atoms. The minimum atomic E-state index is 0.368. The van der Waals surface area contributed by atoms with E-state index in [0.29, 0.717) is 38.3 Å². The second-order valence-electron chi connectivity index (χ2n) is 7.12. The van der Waals surface area contributed by atoms with Crippen molar-refractivity contribution in [3.05, 3.63) is 74.9 Å². The molecule has 4 rings (SSSR count). The van der Waals surface area contributed by atoms with Crippen molar-refractivity contribution < 1.29 is 4.79 Å². The van der Waals surface area contributed by atoms with Gasteiger partial charge >= 0.3 is 0 Å². The standard InChI is InChI=1S/C23H17Cl3N4OS/c24-19-2-1-3-20(25)22(19)32-30-8-6-29(7-9-30)23-17(12-27)10-18(13-28-23)15-4-5-16(14-31)21(26)11-15/h1-5,10-11,13-14H,6-9H2. The molecule has 1 fully saturated rings. The van der Waals surface area contributed by atoms with Crippen LogP contribution in [0.2, 0.25) is 15.1 Å². The fourth-order valence-corrected chi connectivity index (χ4v) is 5.19. The Bertz CT molecular complexity index is 1190. The molecule has 162 valence electrons. The summed E-state index contributed by atoms with van der Waals surface area (Å²) in [6, 6.07) is 14.7. The number of halogens is 3. The van der Waals surface area contributed by atoms with E-state index in [9.17, 15) is 10.1 Å². The van der Waals surface area contributed by atoms with Gasteiger partial charge in [0.2, 0.25) is 0 Å². The molecule has 1 saturated heterocycles. The number of rotatable bonds is 5. The number of benzene rings is 2. The van der Waals surface area contributed by atoms with Crippen molar-refractivity contribution in [2.24, 2.45) is 0 Å². The van der Waals surface area contributed by atoms with E-state index < -0.39 is 0 Å². The first-order chi connectivity index (χ1) is 15.5. The van der Waals surface area contributed by atoms with Crippen LogP contribution in [0.3, 0.4) is 0 Å². The van der Waals surface area contributed by atoms with Gasteiger partial charge in [-0.3, -0.25) is 4.79 Å². The largest absolute Gasteiger partial charge is 0.353 e. The van der Waals surface area contributed by atoms with Crippen molar-refractivity contribution >= 4 is 58.9 Å². The van der Waals surface area contributed by atoms with Crippen LogP contribution in [0.25, 0.3) is 11.1 Å². The number of nitrogens with zero attached hydrogens (tertiary/aromatic N) is 4. The van der Waals surface area contributed by atoms with Gasteiger partial charge in [0.25, 0.3) is 0 Å². The molecule has 0 radical (unpaired) electrons. The zero-order valence-corrected chi connectivity index (χ0v) is 19.8. The first kappa shape index (κ1) is 22.9. The van der Waals surface area contributed by atoms with E-state index in [1.807, 2.05) is 18.2 Å². The number of pyridine rings is 1. The highest BCUT2D eigenvalue weighted by atomic mass is 35.5. The van der Waals surface area contributed by atoms with E-state index in [2.05, 4.69) is 20.3 Å². The van der Waals surface area contributed by atoms with Gasteiger partial charge in [-0.2, -0.15) is 5.26 Å². The van der Waals surface area contributed by atoms with Gasteiger partial charge in [-0.25, -0.2) is 9.29 Å². The van der Waals surface area contributed by atoms with Crippen LogP contribution in [0.15, 0.2) is 53.6 Å². The van der Waals surface area contributed by atoms with Crippen LogP contribution in [-0.2, 0) is 0 Å². The number of aldehydes is 1. The zero-order chi connectivity index (χ0) is 22.7. The summed E-state index contributed by atoms with van der Waals surface area (Å²) in [6.07, 6.45) is 2.44. The molecule has 0 N–H and O–H groups in total. The molecule has 1 aliphatic heterocycles. The molecule has 0 spiro atoms. The summed E-state index contributed by atoms with van der Waals surface area (Å²) >= 11 is 20.3. The second-order valence-corrected chi connectivity index (χ2v) is 9.45. The van der Waals surface area contributed by atoms with E-state index in [4.69, 9.17) is 34.8 Å². The van der Waals surface area contributed by atoms with Gasteiger partial charge in [0, 0.05) is 43.5 Å². The molecule has 0 bridgehead atoms. The molecule has 0 aliphatic carbocycles. The number of piperazine rings is 1. The molecule has 1 aromatic heterocycles. The number of nitriles is 1. The molecule has 0 amide bonds. The van der Waals surface area contributed by atoms with Crippen LogP contribution in [0.4, 0.5) is 5.82 Å². The fourth-order valence-electron chi connectivity index (χ4n) is 3.44. The molecule has 5 nitrogen and oxygen atoms in total. The van der Waals surface area contributed by atoms with Gasteiger partial charge in [0.15, 0.2) is 6.29 Å². The second kappa shape index (κ2) is 10.1. The number of carbonyl (C=O) groups excluding carboxylic acids is 1. The van der Waals surface area contributed by atoms with Crippen molar-refractivity contribution in [1.29, 1.82) is 5.26 Å². The number of carbonyl (C=O) groups is 1. The summed E-state index contributed by atoms with van der Waals surface area (Å²) in [5.41, 5.74) is 2.49. The molecule has 2 heterocycles. The molecule has 2 aromatic carbocycles. The number of aromatic nitrogens is 1. The Morgan fingerprint density at radius 3 is 2.31 bits per heavy atom. The van der Waals surface area contributed by atoms with E-state index in [1.165, 1.54) is 0 Å². The Kier molecular flexibility index (Phi) is 7.24. The van der Waals surface area contributed by atoms with Gasteiger partial charge in [-0.15, -0.1) is 0 Å². The van der Waals surface area contributed by atoms with E-state index in [0.717, 1.165) is 42.2 Å². The Hall–Kier alpha value is -2.27. The molecule has 0 saturated carbocycles. The molecular weight excluding hydrogens is 487 g/mol. The maximum Gasteiger partial charge on any atom is 0.151 e.